The Kier molecular flexibility index (Phi) is 20.3. The van der Waals surface area contributed by atoms with E-state index in [4.69, 9.17) is 0 Å². The minimum atomic E-state index is -0.176. The van der Waals surface area contributed by atoms with Gasteiger partial charge in [-0.1, -0.05) is 41.5 Å². The number of likely N-dealkylation sites (N-methyl/N-ethyl adjacent to an activating group) is 1. The van der Waals surface area contributed by atoms with E-state index < -0.39 is 0 Å². The van der Waals surface area contributed by atoms with Gasteiger partial charge in [-0.05, 0) is 26.3 Å². The fraction of sp³-hybridized carbons (Fsp3) is 0.900. The van der Waals surface area contributed by atoms with Crippen LogP contribution < -0.4 is 26.6 Å². The van der Waals surface area contributed by atoms with Crippen molar-refractivity contribution in [2.24, 2.45) is 0 Å². The summed E-state index contributed by atoms with van der Waals surface area (Å²) in [4.78, 5) is 23.7. The maximum absolute atomic E-state index is 12.1. The van der Waals surface area contributed by atoms with Crippen molar-refractivity contribution in [1.29, 1.82) is 0 Å². The van der Waals surface area contributed by atoms with Crippen molar-refractivity contribution < 1.29 is 9.59 Å². The van der Waals surface area contributed by atoms with Gasteiger partial charge in [0.15, 0.2) is 0 Å². The topological polar surface area (TPSA) is 94.3 Å². The van der Waals surface area contributed by atoms with E-state index in [1.165, 1.54) is 0 Å². The molecule has 0 aliphatic rings. The molecule has 2 amide bonds. The van der Waals surface area contributed by atoms with Gasteiger partial charge in [-0.25, -0.2) is 0 Å². The summed E-state index contributed by atoms with van der Waals surface area (Å²) in [6.07, 6.45) is 3.05. The van der Waals surface area contributed by atoms with Crippen LogP contribution in [0.3, 0.4) is 0 Å². The smallest absolute Gasteiger partial charge is 0.237 e. The summed E-state index contributed by atoms with van der Waals surface area (Å²) >= 11 is 0. The van der Waals surface area contributed by atoms with Gasteiger partial charge in [0.2, 0.25) is 11.8 Å². The number of nitrogens with one attached hydrogen (secondary N) is 5. The van der Waals surface area contributed by atoms with Crippen LogP contribution in [0.4, 0.5) is 0 Å². The zero-order valence-electron chi connectivity index (χ0n) is 18.7. The van der Waals surface area contributed by atoms with Gasteiger partial charge >= 0.3 is 0 Å². The minimum Gasteiger partial charge on any atom is -0.356 e. The lowest BCUT2D eigenvalue weighted by molar-refractivity contribution is -0.123. The van der Waals surface area contributed by atoms with Crippen molar-refractivity contribution in [1.82, 2.24) is 26.6 Å². The Balaban J connectivity index is 0. The van der Waals surface area contributed by atoms with Crippen LogP contribution in [0.15, 0.2) is 0 Å². The van der Waals surface area contributed by atoms with Gasteiger partial charge in [0.25, 0.3) is 0 Å². The Morgan fingerprint density at radius 3 is 1.93 bits per heavy atom. The van der Waals surface area contributed by atoms with E-state index in [1.54, 1.807) is 7.05 Å². The molecule has 0 radical (unpaired) electrons. The van der Waals surface area contributed by atoms with E-state index in [0.717, 1.165) is 25.8 Å². The molecule has 7 heteroatoms. The van der Waals surface area contributed by atoms with Crippen LogP contribution in [0.25, 0.3) is 0 Å². The molecule has 0 saturated carbocycles. The third-order valence-electron chi connectivity index (χ3n) is 3.79. The summed E-state index contributed by atoms with van der Waals surface area (Å²) < 4.78 is 0. The highest BCUT2D eigenvalue weighted by atomic mass is 16.2. The normalized spacial score (nSPS) is 11.7. The number of rotatable bonds is 15. The third kappa shape index (κ3) is 19.4. The summed E-state index contributed by atoms with van der Waals surface area (Å²) in [5.74, 6) is 0.116. The van der Waals surface area contributed by atoms with Crippen LogP contribution in [0.1, 0.15) is 67.2 Å². The maximum atomic E-state index is 12.1. The predicted octanol–water partition coefficient (Wildman–Crippen LogP) is 1.39. The SMILES string of the molecule is CC.CNC(CCCCNC(=O)CCNC(C)C)C(=O)NCCNC(C)C. The highest BCUT2D eigenvalue weighted by Gasteiger charge is 2.15. The molecule has 162 valence electrons. The summed E-state index contributed by atoms with van der Waals surface area (Å²) in [5.41, 5.74) is 0. The molecule has 1 atom stereocenters. The zero-order valence-corrected chi connectivity index (χ0v) is 18.7. The quantitative estimate of drug-likeness (QED) is 0.274. The molecule has 0 aliphatic carbocycles. The average molecular weight is 388 g/mol. The Bertz CT molecular complexity index is 362. The molecule has 0 aromatic carbocycles. The minimum absolute atomic E-state index is 0.0388. The van der Waals surface area contributed by atoms with Gasteiger partial charge in [-0.3, -0.25) is 9.59 Å². The molecule has 0 spiro atoms. The van der Waals surface area contributed by atoms with E-state index >= 15 is 0 Å². The van der Waals surface area contributed by atoms with E-state index in [0.29, 0.717) is 38.1 Å². The van der Waals surface area contributed by atoms with Crippen LogP contribution in [0.5, 0.6) is 0 Å². The van der Waals surface area contributed by atoms with Gasteiger partial charge in [-0.2, -0.15) is 0 Å². The summed E-state index contributed by atoms with van der Waals surface area (Å²) in [6.45, 7) is 15.1. The van der Waals surface area contributed by atoms with Crippen molar-refractivity contribution in [2.75, 3.05) is 33.2 Å². The zero-order chi connectivity index (χ0) is 21.1. The van der Waals surface area contributed by atoms with Crippen molar-refractivity contribution in [3.05, 3.63) is 0 Å². The molecule has 0 aromatic heterocycles. The van der Waals surface area contributed by atoms with Crippen LogP contribution in [-0.4, -0.2) is 63.2 Å². The Labute approximate surface area is 167 Å². The Hall–Kier alpha value is -1.18. The highest BCUT2D eigenvalue weighted by Crippen LogP contribution is 2.00. The standard InChI is InChI=1S/C18H39N5O2.C2H6/c1-14(2)20-11-9-17(24)22-10-7-6-8-16(19-5)18(25)23-13-12-21-15(3)4;1-2/h14-16,19-21H,6-13H2,1-5H3,(H,22,24)(H,23,25);1-2H3. The van der Waals surface area contributed by atoms with Crippen molar-refractivity contribution in [2.45, 2.75) is 85.4 Å². The lowest BCUT2D eigenvalue weighted by Crippen LogP contribution is -2.45. The molecule has 0 rings (SSSR count). The molecular formula is C20H45N5O2. The third-order valence-corrected chi connectivity index (χ3v) is 3.79. The highest BCUT2D eigenvalue weighted by molar-refractivity contribution is 5.81. The molecule has 7 nitrogen and oxygen atoms in total. The molecule has 5 N–H and O–H groups in total. The molecule has 0 saturated heterocycles. The monoisotopic (exact) mass is 387 g/mol. The maximum Gasteiger partial charge on any atom is 0.237 e. The molecule has 0 bridgehead atoms. The molecule has 0 fully saturated rings. The van der Waals surface area contributed by atoms with E-state index in [1.807, 2.05) is 13.8 Å². The predicted molar refractivity (Wildman–Crippen MR) is 115 cm³/mol. The first-order chi connectivity index (χ1) is 12.9. The number of hydrogen-bond donors (Lipinski definition) is 5. The Morgan fingerprint density at radius 2 is 1.37 bits per heavy atom. The number of carbonyl (C=O) groups excluding carboxylic acids is 2. The lowest BCUT2D eigenvalue weighted by Gasteiger charge is -2.16. The van der Waals surface area contributed by atoms with Crippen LogP contribution in [0, 0.1) is 0 Å². The van der Waals surface area contributed by atoms with Crippen LogP contribution in [-0.2, 0) is 9.59 Å². The fourth-order valence-corrected chi connectivity index (χ4v) is 2.34. The van der Waals surface area contributed by atoms with Crippen LogP contribution >= 0.6 is 0 Å². The molecule has 0 aliphatic heterocycles. The second kappa shape index (κ2) is 19.6. The number of hydrogen-bond acceptors (Lipinski definition) is 5. The number of carbonyl (C=O) groups is 2. The molecule has 0 aromatic rings. The van der Waals surface area contributed by atoms with E-state index in [2.05, 4.69) is 54.3 Å². The van der Waals surface area contributed by atoms with Gasteiger partial charge in [0, 0.05) is 44.7 Å². The van der Waals surface area contributed by atoms with E-state index in [9.17, 15) is 9.59 Å². The van der Waals surface area contributed by atoms with Gasteiger partial charge in [-0.15, -0.1) is 0 Å². The van der Waals surface area contributed by atoms with Crippen molar-refractivity contribution >= 4 is 11.8 Å². The molecular weight excluding hydrogens is 342 g/mol. The van der Waals surface area contributed by atoms with Crippen molar-refractivity contribution in [3.63, 3.8) is 0 Å². The second-order valence-corrected chi connectivity index (χ2v) is 6.95. The largest absolute Gasteiger partial charge is 0.356 e. The fourth-order valence-electron chi connectivity index (χ4n) is 2.34. The Morgan fingerprint density at radius 1 is 0.778 bits per heavy atom. The van der Waals surface area contributed by atoms with Gasteiger partial charge in [0.05, 0.1) is 6.04 Å². The number of amides is 2. The van der Waals surface area contributed by atoms with Gasteiger partial charge < -0.3 is 26.6 Å². The average Bonchev–Trinajstić information content (AvgIpc) is 2.62. The van der Waals surface area contributed by atoms with Crippen molar-refractivity contribution in [3.8, 4) is 0 Å². The van der Waals surface area contributed by atoms with Crippen LogP contribution in [0.2, 0.25) is 0 Å². The first kappa shape index (κ1) is 28.0. The summed E-state index contributed by atoms with van der Waals surface area (Å²) in [7, 11) is 1.81. The second-order valence-electron chi connectivity index (χ2n) is 6.95. The van der Waals surface area contributed by atoms with E-state index in [-0.39, 0.29) is 17.9 Å². The number of unbranched alkanes of at least 4 members (excludes halogenated alkanes) is 1. The van der Waals surface area contributed by atoms with Gasteiger partial charge in [0.1, 0.15) is 0 Å². The summed E-state index contributed by atoms with van der Waals surface area (Å²) in [5, 5.41) is 15.4. The molecule has 27 heavy (non-hydrogen) atoms. The molecule has 1 unspecified atom stereocenters. The summed E-state index contributed by atoms with van der Waals surface area (Å²) in [6, 6.07) is 0.650. The first-order valence-corrected chi connectivity index (χ1v) is 10.5. The first-order valence-electron chi connectivity index (χ1n) is 10.5. The molecule has 0 heterocycles. The lowest BCUT2D eigenvalue weighted by atomic mass is 10.1.